The summed E-state index contributed by atoms with van der Waals surface area (Å²) in [4.78, 5) is 11.5. The minimum absolute atomic E-state index is 0.00598. The Labute approximate surface area is 166 Å². The molecule has 0 unspecified atom stereocenters. The predicted molar refractivity (Wildman–Crippen MR) is 110 cm³/mol. The van der Waals surface area contributed by atoms with Gasteiger partial charge >= 0.3 is 5.63 Å². The molecule has 1 aromatic carbocycles. The van der Waals surface area contributed by atoms with Gasteiger partial charge in [-0.2, -0.15) is 0 Å². The van der Waals surface area contributed by atoms with Gasteiger partial charge in [0, 0.05) is 28.3 Å². The fraction of sp³-hybridized carbons (Fsp3) is 0.542. The monoisotopic (exact) mass is 382 g/mol. The molecular weight excluding hydrogens is 352 g/mol. The normalized spacial score (nSPS) is 31.9. The molecule has 4 nitrogen and oxygen atoms in total. The summed E-state index contributed by atoms with van der Waals surface area (Å²) in [6.07, 6.45) is 4.92. The molecule has 1 N–H and O–H groups in total. The van der Waals surface area contributed by atoms with E-state index in [1.54, 1.807) is 12.1 Å². The molecular formula is C24H30O4. The Balaban J connectivity index is 1.60. The SMILES string of the molecule is C[C@@H]1CC=C2[C@@H](CC[C@H](O)C2(C)C)[C@]1(C)COc1ccc2ccc(=O)oc2c1. The van der Waals surface area contributed by atoms with Gasteiger partial charge in [-0.1, -0.05) is 39.3 Å². The van der Waals surface area contributed by atoms with E-state index in [0.29, 0.717) is 24.0 Å². The molecule has 0 bridgehead atoms. The summed E-state index contributed by atoms with van der Waals surface area (Å²) in [6.45, 7) is 9.56. The molecule has 2 aliphatic rings. The maximum absolute atomic E-state index is 11.5. The number of fused-ring (bicyclic) bond motifs is 2. The van der Waals surface area contributed by atoms with E-state index >= 15 is 0 Å². The van der Waals surface area contributed by atoms with Crippen molar-refractivity contribution in [2.75, 3.05) is 6.61 Å². The quantitative estimate of drug-likeness (QED) is 0.603. The Bertz CT molecular complexity index is 970. The van der Waals surface area contributed by atoms with Crippen LogP contribution in [0.25, 0.3) is 11.0 Å². The molecule has 0 aliphatic heterocycles. The van der Waals surface area contributed by atoms with E-state index in [1.165, 1.54) is 11.6 Å². The summed E-state index contributed by atoms with van der Waals surface area (Å²) in [7, 11) is 0. The van der Waals surface area contributed by atoms with Crippen LogP contribution < -0.4 is 10.4 Å². The first kappa shape index (κ1) is 19.3. The second kappa shape index (κ2) is 6.77. The first-order valence-electron chi connectivity index (χ1n) is 10.3. The Morgan fingerprint density at radius 1 is 1.18 bits per heavy atom. The van der Waals surface area contributed by atoms with Gasteiger partial charge in [0.15, 0.2) is 0 Å². The third-order valence-corrected chi connectivity index (χ3v) is 7.44. The summed E-state index contributed by atoms with van der Waals surface area (Å²) < 4.78 is 11.6. The molecule has 0 saturated heterocycles. The molecule has 1 fully saturated rings. The van der Waals surface area contributed by atoms with E-state index < -0.39 is 0 Å². The third-order valence-electron chi connectivity index (χ3n) is 7.44. The number of hydrogen-bond donors (Lipinski definition) is 1. The zero-order valence-corrected chi connectivity index (χ0v) is 17.2. The van der Waals surface area contributed by atoms with E-state index in [0.717, 1.165) is 30.4 Å². The van der Waals surface area contributed by atoms with Gasteiger partial charge in [-0.05, 0) is 49.3 Å². The molecule has 0 radical (unpaired) electrons. The summed E-state index contributed by atoms with van der Waals surface area (Å²) in [5.74, 6) is 1.63. The van der Waals surface area contributed by atoms with Crippen molar-refractivity contribution in [1.29, 1.82) is 0 Å². The number of allylic oxidation sites excluding steroid dienone is 1. The minimum Gasteiger partial charge on any atom is -0.493 e. The lowest BCUT2D eigenvalue weighted by Gasteiger charge is -2.54. The fourth-order valence-electron chi connectivity index (χ4n) is 5.10. The Kier molecular flexibility index (Phi) is 4.65. The first-order valence-corrected chi connectivity index (χ1v) is 10.3. The topological polar surface area (TPSA) is 59.7 Å². The van der Waals surface area contributed by atoms with Gasteiger partial charge in [-0.3, -0.25) is 0 Å². The van der Waals surface area contributed by atoms with Gasteiger partial charge in [0.05, 0.1) is 12.7 Å². The molecule has 4 atom stereocenters. The smallest absolute Gasteiger partial charge is 0.336 e. The summed E-state index contributed by atoms with van der Waals surface area (Å²) >= 11 is 0. The van der Waals surface area contributed by atoms with Crippen LogP contribution in [0, 0.1) is 22.7 Å². The van der Waals surface area contributed by atoms with Crippen molar-refractivity contribution in [1.82, 2.24) is 0 Å². The van der Waals surface area contributed by atoms with Crippen molar-refractivity contribution in [3.05, 3.63) is 52.4 Å². The van der Waals surface area contributed by atoms with Gasteiger partial charge in [0.2, 0.25) is 0 Å². The van der Waals surface area contributed by atoms with Crippen LogP contribution in [0.5, 0.6) is 5.75 Å². The van der Waals surface area contributed by atoms with Crippen molar-refractivity contribution in [2.24, 2.45) is 22.7 Å². The predicted octanol–water partition coefficient (Wildman–Crippen LogP) is 4.94. The van der Waals surface area contributed by atoms with Crippen LogP contribution in [0.1, 0.15) is 47.0 Å². The van der Waals surface area contributed by atoms with Crippen LogP contribution in [0.2, 0.25) is 0 Å². The van der Waals surface area contributed by atoms with E-state index in [9.17, 15) is 9.90 Å². The Morgan fingerprint density at radius 2 is 1.93 bits per heavy atom. The van der Waals surface area contributed by atoms with Gasteiger partial charge in [-0.25, -0.2) is 4.79 Å². The molecule has 0 amide bonds. The molecule has 1 saturated carbocycles. The lowest BCUT2D eigenvalue weighted by molar-refractivity contribution is -0.0287. The molecule has 4 heteroatoms. The zero-order valence-electron chi connectivity index (χ0n) is 17.2. The fourth-order valence-corrected chi connectivity index (χ4v) is 5.10. The van der Waals surface area contributed by atoms with Crippen molar-refractivity contribution in [3.8, 4) is 5.75 Å². The third kappa shape index (κ3) is 3.08. The average Bonchev–Trinajstić information content (AvgIpc) is 2.66. The Hall–Kier alpha value is -2.07. The molecule has 2 aliphatic carbocycles. The largest absolute Gasteiger partial charge is 0.493 e. The van der Waals surface area contributed by atoms with Gasteiger partial charge in [0.25, 0.3) is 0 Å². The highest BCUT2D eigenvalue weighted by Gasteiger charge is 2.51. The lowest BCUT2D eigenvalue weighted by atomic mass is 9.52. The average molecular weight is 383 g/mol. The summed E-state index contributed by atoms with van der Waals surface area (Å²) in [5, 5.41) is 11.4. The van der Waals surface area contributed by atoms with E-state index in [4.69, 9.17) is 9.15 Å². The number of benzene rings is 1. The van der Waals surface area contributed by atoms with E-state index in [1.807, 2.05) is 12.1 Å². The van der Waals surface area contributed by atoms with Crippen molar-refractivity contribution in [2.45, 2.75) is 53.1 Å². The van der Waals surface area contributed by atoms with Gasteiger partial charge in [-0.15, -0.1) is 0 Å². The Morgan fingerprint density at radius 3 is 2.71 bits per heavy atom. The number of rotatable bonds is 3. The molecule has 1 aromatic heterocycles. The van der Waals surface area contributed by atoms with Crippen molar-refractivity contribution < 1.29 is 14.3 Å². The number of aliphatic hydroxyl groups excluding tert-OH is 1. The van der Waals surface area contributed by atoms with E-state index in [2.05, 4.69) is 33.8 Å². The zero-order chi connectivity index (χ0) is 20.1. The maximum Gasteiger partial charge on any atom is 0.336 e. The first-order chi connectivity index (χ1) is 13.2. The van der Waals surface area contributed by atoms with Crippen LogP contribution in [-0.4, -0.2) is 17.8 Å². The molecule has 0 spiro atoms. The highest BCUT2D eigenvalue weighted by molar-refractivity contribution is 5.77. The summed E-state index contributed by atoms with van der Waals surface area (Å²) in [6, 6.07) is 8.86. The summed E-state index contributed by atoms with van der Waals surface area (Å²) in [5.41, 5.74) is 1.40. The molecule has 1 heterocycles. The highest BCUT2D eigenvalue weighted by Crippen LogP contribution is 2.56. The molecule has 4 rings (SSSR count). The lowest BCUT2D eigenvalue weighted by Crippen LogP contribution is -2.50. The standard InChI is InChI=1S/C24H30O4/c1-15-5-9-18-19(10-11-21(25)23(18,2)3)24(15,4)14-27-17-8-6-16-7-12-22(26)28-20(16)13-17/h6-9,12-13,15,19,21,25H,5,10-11,14H2,1-4H3/t15-,19-,21+,24-/m1/s1. The van der Waals surface area contributed by atoms with Crippen molar-refractivity contribution >= 4 is 11.0 Å². The van der Waals surface area contributed by atoms with Gasteiger partial charge in [0.1, 0.15) is 11.3 Å². The van der Waals surface area contributed by atoms with E-state index in [-0.39, 0.29) is 22.6 Å². The second-order valence-electron chi connectivity index (χ2n) is 9.41. The van der Waals surface area contributed by atoms with Crippen LogP contribution >= 0.6 is 0 Å². The number of hydrogen-bond acceptors (Lipinski definition) is 4. The van der Waals surface area contributed by atoms with Gasteiger partial charge < -0.3 is 14.3 Å². The molecule has 2 aromatic rings. The number of ether oxygens (including phenoxy) is 1. The van der Waals surface area contributed by atoms with Crippen molar-refractivity contribution in [3.63, 3.8) is 0 Å². The minimum atomic E-state index is -0.352. The molecule has 28 heavy (non-hydrogen) atoms. The molecule has 150 valence electrons. The van der Waals surface area contributed by atoms with Crippen LogP contribution in [-0.2, 0) is 0 Å². The van der Waals surface area contributed by atoms with Crippen LogP contribution in [0.3, 0.4) is 0 Å². The highest BCUT2D eigenvalue weighted by atomic mass is 16.5. The van der Waals surface area contributed by atoms with Crippen LogP contribution in [0.15, 0.2) is 51.2 Å². The number of aliphatic hydroxyl groups is 1. The second-order valence-corrected chi connectivity index (χ2v) is 9.41. The maximum atomic E-state index is 11.5. The van der Waals surface area contributed by atoms with Crippen LogP contribution in [0.4, 0.5) is 0 Å².